The summed E-state index contributed by atoms with van der Waals surface area (Å²) in [6.07, 6.45) is 3.40. The molecule has 0 saturated heterocycles. The maximum atomic E-state index is 11.9. The normalized spacial score (nSPS) is 10.4. The van der Waals surface area contributed by atoms with Gasteiger partial charge in [-0.05, 0) is 19.1 Å². The first-order chi connectivity index (χ1) is 6.68. The monoisotopic (exact) mass is 206 g/mol. The van der Waals surface area contributed by atoms with E-state index in [2.05, 4.69) is 4.98 Å². The molecule has 0 N–H and O–H groups in total. The Morgan fingerprint density at radius 2 is 2.29 bits per heavy atom. The highest BCUT2D eigenvalue weighted by molar-refractivity contribution is 7.14. The van der Waals surface area contributed by atoms with E-state index in [4.69, 9.17) is 0 Å². The third-order valence-electron chi connectivity index (χ3n) is 1.99. The van der Waals surface area contributed by atoms with Crippen LogP contribution >= 0.6 is 11.3 Å². The maximum absolute atomic E-state index is 11.9. The third-order valence-corrected chi connectivity index (χ3v) is 2.99. The average Bonchev–Trinajstić information content (AvgIpc) is 2.73. The number of aryl methyl sites for hydroxylation is 2. The molecule has 2 heterocycles. The number of thiophene rings is 1. The number of imidazole rings is 1. The highest BCUT2D eigenvalue weighted by Gasteiger charge is 2.14. The van der Waals surface area contributed by atoms with Crippen molar-refractivity contribution in [1.29, 1.82) is 0 Å². The van der Waals surface area contributed by atoms with Crippen LogP contribution in [0.4, 0.5) is 0 Å². The van der Waals surface area contributed by atoms with Gasteiger partial charge in [-0.25, -0.2) is 4.98 Å². The van der Waals surface area contributed by atoms with Crippen molar-refractivity contribution < 1.29 is 4.79 Å². The molecule has 4 heteroatoms. The Morgan fingerprint density at radius 1 is 1.50 bits per heavy atom. The molecule has 0 aliphatic rings. The van der Waals surface area contributed by atoms with Crippen molar-refractivity contribution in [1.82, 2.24) is 9.55 Å². The Morgan fingerprint density at radius 3 is 2.79 bits per heavy atom. The SMILES string of the molecule is Cc1ccc(C(=O)c2nccn2C)s1. The van der Waals surface area contributed by atoms with Gasteiger partial charge in [-0.3, -0.25) is 4.79 Å². The maximum Gasteiger partial charge on any atom is 0.238 e. The first-order valence-electron chi connectivity index (χ1n) is 4.27. The zero-order chi connectivity index (χ0) is 10.1. The third kappa shape index (κ3) is 1.48. The number of ketones is 1. The van der Waals surface area contributed by atoms with Gasteiger partial charge < -0.3 is 4.57 Å². The predicted octanol–water partition coefficient (Wildman–Crippen LogP) is 2.02. The molecular weight excluding hydrogens is 196 g/mol. The van der Waals surface area contributed by atoms with Crippen LogP contribution in [-0.4, -0.2) is 15.3 Å². The van der Waals surface area contributed by atoms with Gasteiger partial charge in [0.25, 0.3) is 0 Å². The van der Waals surface area contributed by atoms with Gasteiger partial charge in [0.1, 0.15) is 0 Å². The molecular formula is C10H10N2OS. The van der Waals surface area contributed by atoms with Gasteiger partial charge in [-0.15, -0.1) is 11.3 Å². The lowest BCUT2D eigenvalue weighted by Crippen LogP contribution is -2.06. The molecule has 14 heavy (non-hydrogen) atoms. The quantitative estimate of drug-likeness (QED) is 0.705. The molecule has 0 atom stereocenters. The molecule has 0 spiro atoms. The lowest BCUT2D eigenvalue weighted by molar-refractivity contribution is 0.103. The smallest absolute Gasteiger partial charge is 0.238 e. The summed E-state index contributed by atoms with van der Waals surface area (Å²) < 4.78 is 1.73. The summed E-state index contributed by atoms with van der Waals surface area (Å²) in [5, 5.41) is 0. The molecule has 0 fully saturated rings. The zero-order valence-corrected chi connectivity index (χ0v) is 8.84. The number of nitrogens with zero attached hydrogens (tertiary/aromatic N) is 2. The van der Waals surface area contributed by atoms with Crippen LogP contribution in [0, 0.1) is 6.92 Å². The largest absolute Gasteiger partial charge is 0.331 e. The predicted molar refractivity (Wildman–Crippen MR) is 55.7 cm³/mol. The van der Waals surface area contributed by atoms with Gasteiger partial charge >= 0.3 is 0 Å². The van der Waals surface area contributed by atoms with E-state index in [0.29, 0.717) is 5.82 Å². The second-order valence-corrected chi connectivity index (χ2v) is 4.39. The summed E-state index contributed by atoms with van der Waals surface area (Å²) in [5.74, 6) is 0.488. The molecule has 2 aromatic heterocycles. The summed E-state index contributed by atoms with van der Waals surface area (Å²) in [5.41, 5.74) is 0. The lowest BCUT2D eigenvalue weighted by Gasteiger charge is -1.97. The van der Waals surface area contributed by atoms with E-state index < -0.39 is 0 Å². The molecule has 0 unspecified atom stereocenters. The van der Waals surface area contributed by atoms with E-state index in [1.807, 2.05) is 26.1 Å². The Kier molecular flexibility index (Phi) is 2.21. The summed E-state index contributed by atoms with van der Waals surface area (Å²) in [7, 11) is 1.82. The average molecular weight is 206 g/mol. The zero-order valence-electron chi connectivity index (χ0n) is 8.02. The number of carbonyl (C=O) groups excluding carboxylic acids is 1. The van der Waals surface area contributed by atoms with E-state index in [9.17, 15) is 4.79 Å². The second kappa shape index (κ2) is 3.38. The number of rotatable bonds is 2. The van der Waals surface area contributed by atoms with Crippen LogP contribution in [0.3, 0.4) is 0 Å². The first kappa shape index (κ1) is 9.15. The van der Waals surface area contributed by atoms with Crippen LogP contribution in [0.25, 0.3) is 0 Å². The second-order valence-electron chi connectivity index (χ2n) is 3.10. The molecule has 0 amide bonds. The number of hydrogen-bond donors (Lipinski definition) is 0. The fraction of sp³-hybridized carbons (Fsp3) is 0.200. The Hall–Kier alpha value is -1.42. The van der Waals surface area contributed by atoms with Crippen molar-refractivity contribution in [3.63, 3.8) is 0 Å². The number of aromatic nitrogens is 2. The van der Waals surface area contributed by atoms with Crippen LogP contribution in [-0.2, 0) is 7.05 Å². The van der Waals surface area contributed by atoms with Crippen LogP contribution in [0.15, 0.2) is 24.5 Å². The molecule has 0 radical (unpaired) electrons. The van der Waals surface area contributed by atoms with E-state index in [1.165, 1.54) is 11.3 Å². The molecule has 0 aliphatic heterocycles. The fourth-order valence-electron chi connectivity index (χ4n) is 1.25. The Balaban J connectivity index is 2.38. The van der Waals surface area contributed by atoms with Gasteiger partial charge in [-0.1, -0.05) is 0 Å². The van der Waals surface area contributed by atoms with E-state index >= 15 is 0 Å². The molecule has 2 aromatic rings. The van der Waals surface area contributed by atoms with E-state index in [1.54, 1.807) is 17.0 Å². The minimum atomic E-state index is -0.00407. The van der Waals surface area contributed by atoms with Crippen molar-refractivity contribution in [2.45, 2.75) is 6.92 Å². The minimum Gasteiger partial charge on any atom is -0.331 e. The minimum absolute atomic E-state index is 0.00407. The van der Waals surface area contributed by atoms with E-state index in [-0.39, 0.29) is 5.78 Å². The topological polar surface area (TPSA) is 34.9 Å². The number of carbonyl (C=O) groups is 1. The molecule has 72 valence electrons. The van der Waals surface area contributed by atoms with Crippen LogP contribution in [0.2, 0.25) is 0 Å². The van der Waals surface area contributed by atoms with E-state index in [0.717, 1.165) is 9.75 Å². The summed E-state index contributed by atoms with van der Waals surface area (Å²) >= 11 is 1.50. The van der Waals surface area contributed by atoms with Crippen LogP contribution in [0.1, 0.15) is 20.4 Å². The van der Waals surface area contributed by atoms with Gasteiger partial charge in [-0.2, -0.15) is 0 Å². The van der Waals surface area contributed by atoms with Crippen molar-refractivity contribution in [2.24, 2.45) is 7.05 Å². The van der Waals surface area contributed by atoms with Crippen molar-refractivity contribution >= 4 is 17.1 Å². The molecule has 2 rings (SSSR count). The lowest BCUT2D eigenvalue weighted by atomic mass is 10.3. The van der Waals surface area contributed by atoms with Gasteiger partial charge in [0, 0.05) is 24.3 Å². The molecule has 0 saturated carbocycles. The highest BCUT2D eigenvalue weighted by atomic mass is 32.1. The first-order valence-corrected chi connectivity index (χ1v) is 5.08. The summed E-state index contributed by atoms with van der Waals surface area (Å²) in [6.45, 7) is 1.99. The summed E-state index contributed by atoms with van der Waals surface area (Å²) in [4.78, 5) is 17.8. The van der Waals surface area contributed by atoms with Crippen molar-refractivity contribution in [3.05, 3.63) is 40.1 Å². The Bertz CT molecular complexity index is 470. The highest BCUT2D eigenvalue weighted by Crippen LogP contribution is 2.17. The standard InChI is InChI=1S/C10H10N2OS/c1-7-3-4-8(14-7)9(13)10-11-5-6-12(10)2/h3-6H,1-2H3. The number of hydrogen-bond acceptors (Lipinski definition) is 3. The Labute approximate surface area is 86.0 Å². The van der Waals surface area contributed by atoms with Crippen molar-refractivity contribution in [2.75, 3.05) is 0 Å². The molecule has 0 aliphatic carbocycles. The van der Waals surface area contributed by atoms with Crippen LogP contribution < -0.4 is 0 Å². The van der Waals surface area contributed by atoms with Crippen LogP contribution in [0.5, 0.6) is 0 Å². The van der Waals surface area contributed by atoms with Gasteiger partial charge in [0.15, 0.2) is 5.82 Å². The molecule has 0 aromatic carbocycles. The molecule has 3 nitrogen and oxygen atoms in total. The van der Waals surface area contributed by atoms with Crippen molar-refractivity contribution in [3.8, 4) is 0 Å². The van der Waals surface area contributed by atoms with Gasteiger partial charge in [0.05, 0.1) is 4.88 Å². The molecule has 0 bridgehead atoms. The van der Waals surface area contributed by atoms with Gasteiger partial charge in [0.2, 0.25) is 5.78 Å². The fourth-order valence-corrected chi connectivity index (χ4v) is 2.05. The summed E-state index contributed by atoms with van der Waals surface area (Å²) in [6, 6.07) is 3.79.